The van der Waals surface area contributed by atoms with Crippen molar-refractivity contribution in [1.29, 1.82) is 0 Å². The molecular formula is C12H8Cl3N3. The molecule has 0 spiro atoms. The molecule has 0 aliphatic heterocycles. The van der Waals surface area contributed by atoms with Gasteiger partial charge in [0, 0.05) is 5.69 Å². The van der Waals surface area contributed by atoms with E-state index < -0.39 is 0 Å². The summed E-state index contributed by atoms with van der Waals surface area (Å²) in [5, 5.41) is 9.21. The molecule has 2 rings (SSSR count). The minimum Gasteiger partial charge on any atom is -0.399 e. The van der Waals surface area contributed by atoms with Gasteiger partial charge in [-0.1, -0.05) is 34.8 Å². The molecule has 0 saturated heterocycles. The van der Waals surface area contributed by atoms with Gasteiger partial charge in [-0.05, 0) is 36.4 Å². The Kier molecular flexibility index (Phi) is 4.07. The van der Waals surface area contributed by atoms with Gasteiger partial charge < -0.3 is 5.73 Å². The lowest BCUT2D eigenvalue weighted by atomic mass is 10.3. The Bertz CT molecular complexity index is 594. The SMILES string of the molecule is Nc1ccc(/N=N/c2cc(Cl)c(Cl)cc2Cl)cc1. The number of hydrogen-bond acceptors (Lipinski definition) is 3. The zero-order valence-electron chi connectivity index (χ0n) is 9.07. The third-order valence-corrected chi connectivity index (χ3v) is 3.18. The summed E-state index contributed by atoms with van der Waals surface area (Å²) in [6, 6.07) is 10.1. The van der Waals surface area contributed by atoms with Crippen LogP contribution in [-0.2, 0) is 0 Å². The van der Waals surface area contributed by atoms with E-state index in [1.54, 1.807) is 30.3 Å². The highest BCUT2D eigenvalue weighted by molar-refractivity contribution is 6.43. The first-order valence-corrected chi connectivity index (χ1v) is 6.11. The maximum Gasteiger partial charge on any atom is 0.106 e. The van der Waals surface area contributed by atoms with Gasteiger partial charge in [-0.3, -0.25) is 0 Å². The van der Waals surface area contributed by atoms with Crippen LogP contribution in [0.15, 0.2) is 46.6 Å². The normalized spacial score (nSPS) is 11.1. The second kappa shape index (κ2) is 5.57. The molecule has 0 heterocycles. The van der Waals surface area contributed by atoms with E-state index >= 15 is 0 Å². The molecule has 0 aromatic heterocycles. The van der Waals surface area contributed by atoms with Crippen LogP contribution in [0.4, 0.5) is 17.1 Å². The van der Waals surface area contributed by atoms with E-state index in [1.165, 1.54) is 6.07 Å². The summed E-state index contributed by atoms with van der Waals surface area (Å²) in [6.07, 6.45) is 0. The number of anilines is 1. The molecule has 2 aromatic carbocycles. The molecule has 0 radical (unpaired) electrons. The van der Waals surface area contributed by atoms with Gasteiger partial charge in [0.05, 0.1) is 20.8 Å². The lowest BCUT2D eigenvalue weighted by Gasteiger charge is -2.00. The summed E-state index contributed by atoms with van der Waals surface area (Å²) in [6.45, 7) is 0. The fourth-order valence-corrected chi connectivity index (χ4v) is 1.82. The van der Waals surface area contributed by atoms with Crippen LogP contribution in [0.5, 0.6) is 0 Å². The number of nitrogen functional groups attached to an aromatic ring is 1. The number of hydrogen-bond donors (Lipinski definition) is 1. The number of rotatable bonds is 2. The average Bonchev–Trinajstić information content (AvgIpc) is 2.34. The minimum atomic E-state index is 0.382. The molecule has 0 aliphatic rings. The van der Waals surface area contributed by atoms with Gasteiger partial charge in [0.2, 0.25) is 0 Å². The van der Waals surface area contributed by atoms with E-state index in [2.05, 4.69) is 10.2 Å². The maximum absolute atomic E-state index is 5.98. The molecule has 0 fully saturated rings. The Morgan fingerprint density at radius 1 is 0.778 bits per heavy atom. The highest BCUT2D eigenvalue weighted by atomic mass is 35.5. The number of benzene rings is 2. The third kappa shape index (κ3) is 3.13. The van der Waals surface area contributed by atoms with Crippen LogP contribution in [-0.4, -0.2) is 0 Å². The predicted molar refractivity (Wildman–Crippen MR) is 76.5 cm³/mol. The first kappa shape index (κ1) is 13.1. The van der Waals surface area contributed by atoms with Crippen LogP contribution in [0.2, 0.25) is 15.1 Å². The molecule has 18 heavy (non-hydrogen) atoms. The van der Waals surface area contributed by atoms with Gasteiger partial charge in [-0.25, -0.2) is 0 Å². The highest BCUT2D eigenvalue weighted by Gasteiger charge is 2.05. The van der Waals surface area contributed by atoms with Crippen molar-refractivity contribution >= 4 is 51.9 Å². The Morgan fingerprint density at radius 3 is 2.06 bits per heavy atom. The molecule has 0 aliphatic carbocycles. The molecule has 2 N–H and O–H groups in total. The zero-order valence-corrected chi connectivity index (χ0v) is 11.3. The van der Waals surface area contributed by atoms with Gasteiger partial charge in [-0.2, -0.15) is 5.11 Å². The van der Waals surface area contributed by atoms with E-state index in [0.29, 0.717) is 32.1 Å². The van der Waals surface area contributed by atoms with Gasteiger partial charge in [0.25, 0.3) is 0 Å². The van der Waals surface area contributed by atoms with E-state index in [0.717, 1.165) is 0 Å². The first-order chi connectivity index (χ1) is 8.56. The summed E-state index contributed by atoms with van der Waals surface area (Å²) in [4.78, 5) is 0. The van der Waals surface area contributed by atoms with Gasteiger partial charge in [-0.15, -0.1) is 5.11 Å². The zero-order chi connectivity index (χ0) is 13.1. The second-order valence-corrected chi connectivity index (χ2v) is 4.73. The Hall–Kier alpha value is -1.29. The highest BCUT2D eigenvalue weighted by Crippen LogP contribution is 2.34. The number of nitrogens with zero attached hydrogens (tertiary/aromatic N) is 2. The van der Waals surface area contributed by atoms with Crippen molar-refractivity contribution in [3.05, 3.63) is 51.5 Å². The number of nitrogens with two attached hydrogens (primary N) is 1. The lowest BCUT2D eigenvalue weighted by Crippen LogP contribution is -1.80. The summed E-state index contributed by atoms with van der Waals surface area (Å²) in [5.74, 6) is 0. The lowest BCUT2D eigenvalue weighted by molar-refractivity contribution is 1.23. The fourth-order valence-electron chi connectivity index (χ4n) is 1.24. The molecule has 2 aromatic rings. The van der Waals surface area contributed by atoms with Gasteiger partial charge >= 0.3 is 0 Å². The molecule has 0 amide bonds. The summed E-state index contributed by atoms with van der Waals surface area (Å²) in [7, 11) is 0. The fraction of sp³-hybridized carbons (Fsp3) is 0. The van der Waals surface area contributed by atoms with Crippen molar-refractivity contribution < 1.29 is 0 Å². The quantitative estimate of drug-likeness (QED) is 0.435. The Morgan fingerprint density at radius 2 is 1.39 bits per heavy atom. The molecule has 0 atom stereocenters. The van der Waals surface area contributed by atoms with Crippen molar-refractivity contribution in [2.45, 2.75) is 0 Å². The third-order valence-electron chi connectivity index (χ3n) is 2.16. The van der Waals surface area contributed by atoms with Gasteiger partial charge in [0.15, 0.2) is 0 Å². The minimum absolute atomic E-state index is 0.382. The van der Waals surface area contributed by atoms with Crippen molar-refractivity contribution in [2.24, 2.45) is 10.2 Å². The Labute approximate surface area is 119 Å². The van der Waals surface area contributed by atoms with Crippen LogP contribution >= 0.6 is 34.8 Å². The van der Waals surface area contributed by atoms with E-state index in [4.69, 9.17) is 40.5 Å². The van der Waals surface area contributed by atoms with Crippen LogP contribution in [0.3, 0.4) is 0 Å². The van der Waals surface area contributed by atoms with Crippen LogP contribution in [0, 0.1) is 0 Å². The standard InChI is InChI=1S/C12H8Cl3N3/c13-9-5-11(15)12(6-10(9)14)18-17-8-3-1-7(16)2-4-8/h1-6H,16H2/b18-17+. The molecule has 92 valence electrons. The Balaban J connectivity index is 2.28. The molecule has 3 nitrogen and oxygen atoms in total. The molecule has 0 saturated carbocycles. The second-order valence-electron chi connectivity index (χ2n) is 3.51. The smallest absolute Gasteiger partial charge is 0.106 e. The van der Waals surface area contributed by atoms with E-state index in [9.17, 15) is 0 Å². The number of azo groups is 1. The van der Waals surface area contributed by atoms with E-state index in [-0.39, 0.29) is 0 Å². The average molecular weight is 301 g/mol. The maximum atomic E-state index is 5.98. The topological polar surface area (TPSA) is 50.7 Å². The van der Waals surface area contributed by atoms with Crippen molar-refractivity contribution in [3.63, 3.8) is 0 Å². The monoisotopic (exact) mass is 299 g/mol. The van der Waals surface area contributed by atoms with Gasteiger partial charge in [0.1, 0.15) is 5.69 Å². The molecule has 0 unspecified atom stereocenters. The van der Waals surface area contributed by atoms with Crippen molar-refractivity contribution in [3.8, 4) is 0 Å². The predicted octanol–water partition coefficient (Wildman–Crippen LogP) is 5.64. The first-order valence-electron chi connectivity index (χ1n) is 4.98. The van der Waals surface area contributed by atoms with Crippen LogP contribution in [0.1, 0.15) is 0 Å². The van der Waals surface area contributed by atoms with Crippen molar-refractivity contribution in [2.75, 3.05) is 5.73 Å². The van der Waals surface area contributed by atoms with E-state index in [1.807, 2.05) is 0 Å². The summed E-state index contributed by atoms with van der Waals surface area (Å²) < 4.78 is 0. The number of halogens is 3. The van der Waals surface area contributed by atoms with Crippen molar-refractivity contribution in [1.82, 2.24) is 0 Å². The summed E-state index contributed by atoms with van der Waals surface area (Å²) in [5.41, 5.74) is 7.37. The molecule has 6 heteroatoms. The van der Waals surface area contributed by atoms with Crippen LogP contribution < -0.4 is 5.73 Å². The molecule has 0 bridgehead atoms. The largest absolute Gasteiger partial charge is 0.399 e. The summed E-state index contributed by atoms with van der Waals surface area (Å²) >= 11 is 17.7. The van der Waals surface area contributed by atoms with Crippen LogP contribution in [0.25, 0.3) is 0 Å². The molecular weight excluding hydrogens is 293 g/mol.